The molecule has 0 spiro atoms. The summed E-state index contributed by atoms with van der Waals surface area (Å²) in [5, 5.41) is 12.3. The van der Waals surface area contributed by atoms with Crippen molar-refractivity contribution >= 4 is 0 Å². The molecular weight excluding hydrogens is 106 g/mol. The molecule has 0 aliphatic rings. The molecule has 0 amide bonds. The van der Waals surface area contributed by atoms with E-state index in [-0.39, 0.29) is 0 Å². The monoisotopic (exact) mass is 112 g/mol. The van der Waals surface area contributed by atoms with Gasteiger partial charge >= 0.3 is 0 Å². The number of aliphatic hydroxyl groups is 1. The highest BCUT2D eigenvalue weighted by molar-refractivity contribution is 4.60. The molecule has 1 radical (unpaired) electrons. The van der Waals surface area contributed by atoms with Crippen LogP contribution < -0.4 is 0 Å². The zero-order valence-corrected chi connectivity index (χ0v) is 4.23. The lowest BCUT2D eigenvalue weighted by molar-refractivity contribution is 0.137. The van der Waals surface area contributed by atoms with Gasteiger partial charge in [-0.1, -0.05) is 0 Å². The molecule has 8 heavy (non-hydrogen) atoms. The summed E-state index contributed by atoms with van der Waals surface area (Å²) >= 11 is 0. The van der Waals surface area contributed by atoms with Gasteiger partial charge in [0.15, 0.2) is 0 Å². The molecule has 1 aromatic heterocycles. The van der Waals surface area contributed by atoms with E-state index in [2.05, 4.69) is 17.0 Å². The number of hydrogen-bond acceptors (Lipinski definition) is 3. The zero-order valence-electron chi connectivity index (χ0n) is 4.23. The van der Waals surface area contributed by atoms with Crippen LogP contribution in [-0.4, -0.2) is 19.9 Å². The Morgan fingerprint density at radius 2 is 2.50 bits per heavy atom. The van der Waals surface area contributed by atoms with E-state index in [9.17, 15) is 0 Å². The molecule has 0 aliphatic carbocycles. The SMILES string of the molecule is [CH2]C(O)n1cncn1. The van der Waals surface area contributed by atoms with Gasteiger partial charge in [-0.05, 0) is 6.92 Å². The molecule has 1 unspecified atom stereocenters. The third-order valence-electron chi connectivity index (χ3n) is 0.742. The minimum absolute atomic E-state index is 0.822. The number of nitrogens with zero attached hydrogens (tertiary/aromatic N) is 3. The Bertz CT molecular complexity index is 146. The molecule has 0 aliphatic heterocycles. The lowest BCUT2D eigenvalue weighted by atomic mass is 10.7. The van der Waals surface area contributed by atoms with Gasteiger partial charge in [-0.2, -0.15) is 5.10 Å². The molecule has 0 saturated carbocycles. The van der Waals surface area contributed by atoms with Gasteiger partial charge in [-0.15, -0.1) is 0 Å². The predicted molar refractivity (Wildman–Crippen MR) is 26.6 cm³/mol. The second-order valence-electron chi connectivity index (χ2n) is 1.36. The van der Waals surface area contributed by atoms with Crippen LogP contribution in [0, 0.1) is 6.92 Å². The van der Waals surface area contributed by atoms with Crippen LogP contribution in [0.15, 0.2) is 12.7 Å². The highest BCUT2D eigenvalue weighted by Gasteiger charge is 1.94. The van der Waals surface area contributed by atoms with Crippen molar-refractivity contribution in [3.8, 4) is 0 Å². The van der Waals surface area contributed by atoms with Crippen molar-refractivity contribution in [3.63, 3.8) is 0 Å². The van der Waals surface area contributed by atoms with Gasteiger partial charge in [0.2, 0.25) is 0 Å². The molecule has 1 aromatic rings. The lowest BCUT2D eigenvalue weighted by Gasteiger charge is -1.99. The van der Waals surface area contributed by atoms with Crippen LogP contribution in [0.25, 0.3) is 0 Å². The van der Waals surface area contributed by atoms with E-state index in [1.807, 2.05) is 0 Å². The van der Waals surface area contributed by atoms with Crippen LogP contribution in [0.2, 0.25) is 0 Å². The highest BCUT2D eigenvalue weighted by Crippen LogP contribution is 1.91. The second kappa shape index (κ2) is 1.92. The van der Waals surface area contributed by atoms with Gasteiger partial charge in [0, 0.05) is 0 Å². The molecule has 1 N–H and O–H groups in total. The molecule has 0 fully saturated rings. The average Bonchev–Trinajstić information content (AvgIpc) is 2.12. The fourth-order valence-electron chi connectivity index (χ4n) is 0.371. The summed E-state index contributed by atoms with van der Waals surface area (Å²) in [6.07, 6.45) is 1.92. The molecule has 1 heterocycles. The van der Waals surface area contributed by atoms with E-state index in [0.717, 1.165) is 0 Å². The highest BCUT2D eigenvalue weighted by atomic mass is 16.3. The van der Waals surface area contributed by atoms with Gasteiger partial charge in [0.1, 0.15) is 18.9 Å². The van der Waals surface area contributed by atoms with E-state index < -0.39 is 6.23 Å². The van der Waals surface area contributed by atoms with Gasteiger partial charge in [-0.25, -0.2) is 9.67 Å². The molecule has 43 valence electrons. The fraction of sp³-hybridized carbons (Fsp3) is 0.250. The maximum atomic E-state index is 8.66. The summed E-state index contributed by atoms with van der Waals surface area (Å²) in [6, 6.07) is 0. The van der Waals surface area contributed by atoms with Crippen LogP contribution in [0.1, 0.15) is 6.23 Å². The standard InChI is InChI=1S/C4H6N3O/c1-4(8)7-3-5-2-6-7/h2-4,8H,1H2. The van der Waals surface area contributed by atoms with Crippen molar-refractivity contribution in [2.45, 2.75) is 6.23 Å². The van der Waals surface area contributed by atoms with Crippen molar-refractivity contribution in [1.29, 1.82) is 0 Å². The predicted octanol–water partition coefficient (Wildman–Crippen LogP) is -0.397. The van der Waals surface area contributed by atoms with E-state index in [0.29, 0.717) is 0 Å². The maximum Gasteiger partial charge on any atom is 0.148 e. The number of aromatic nitrogens is 3. The maximum absolute atomic E-state index is 8.66. The Kier molecular flexibility index (Phi) is 1.26. The van der Waals surface area contributed by atoms with Crippen molar-refractivity contribution in [3.05, 3.63) is 19.6 Å². The minimum atomic E-state index is -0.822. The van der Waals surface area contributed by atoms with E-state index in [4.69, 9.17) is 5.11 Å². The third-order valence-corrected chi connectivity index (χ3v) is 0.742. The summed E-state index contributed by atoms with van der Waals surface area (Å²) in [5.74, 6) is 0. The Balaban J connectivity index is 2.77. The first-order chi connectivity index (χ1) is 3.80. The normalized spacial score (nSPS) is 13.8. The van der Waals surface area contributed by atoms with Crippen LogP contribution in [-0.2, 0) is 0 Å². The van der Waals surface area contributed by atoms with Gasteiger partial charge in [0.05, 0.1) is 0 Å². The Morgan fingerprint density at radius 1 is 1.75 bits per heavy atom. The lowest BCUT2D eigenvalue weighted by Crippen LogP contribution is -2.03. The van der Waals surface area contributed by atoms with Crippen molar-refractivity contribution in [2.24, 2.45) is 0 Å². The number of aliphatic hydroxyl groups excluding tert-OH is 1. The molecule has 1 atom stereocenters. The first-order valence-electron chi connectivity index (χ1n) is 2.16. The molecule has 4 nitrogen and oxygen atoms in total. The van der Waals surface area contributed by atoms with Crippen molar-refractivity contribution in [2.75, 3.05) is 0 Å². The Hall–Kier alpha value is -0.900. The Labute approximate surface area is 46.8 Å². The number of rotatable bonds is 1. The van der Waals surface area contributed by atoms with E-state index >= 15 is 0 Å². The second-order valence-corrected chi connectivity index (χ2v) is 1.36. The third kappa shape index (κ3) is 0.840. The summed E-state index contributed by atoms with van der Waals surface area (Å²) in [7, 11) is 0. The van der Waals surface area contributed by atoms with E-state index in [1.165, 1.54) is 17.3 Å². The zero-order chi connectivity index (χ0) is 5.98. The molecule has 0 bridgehead atoms. The number of hydrogen-bond donors (Lipinski definition) is 1. The summed E-state index contributed by atoms with van der Waals surface area (Å²) in [5.41, 5.74) is 0. The molecule has 4 heteroatoms. The molecular formula is C4H6N3O. The fourth-order valence-corrected chi connectivity index (χ4v) is 0.371. The Morgan fingerprint density at radius 3 is 2.75 bits per heavy atom. The van der Waals surface area contributed by atoms with Crippen LogP contribution in [0.3, 0.4) is 0 Å². The summed E-state index contributed by atoms with van der Waals surface area (Å²) < 4.78 is 1.25. The average molecular weight is 112 g/mol. The quantitative estimate of drug-likeness (QED) is 0.538. The van der Waals surface area contributed by atoms with Gasteiger partial charge in [0.25, 0.3) is 0 Å². The first kappa shape index (κ1) is 5.24. The largest absolute Gasteiger partial charge is 0.372 e. The van der Waals surface area contributed by atoms with Crippen LogP contribution >= 0.6 is 0 Å². The minimum Gasteiger partial charge on any atom is -0.372 e. The topological polar surface area (TPSA) is 50.9 Å². The molecule has 0 aromatic carbocycles. The molecule has 1 rings (SSSR count). The van der Waals surface area contributed by atoms with Gasteiger partial charge in [-0.3, -0.25) is 0 Å². The van der Waals surface area contributed by atoms with Crippen molar-refractivity contribution in [1.82, 2.24) is 14.8 Å². The van der Waals surface area contributed by atoms with Crippen molar-refractivity contribution < 1.29 is 5.11 Å². The van der Waals surface area contributed by atoms with Crippen LogP contribution in [0.4, 0.5) is 0 Å². The van der Waals surface area contributed by atoms with Crippen LogP contribution in [0.5, 0.6) is 0 Å². The van der Waals surface area contributed by atoms with Gasteiger partial charge < -0.3 is 5.11 Å². The first-order valence-corrected chi connectivity index (χ1v) is 2.16. The van der Waals surface area contributed by atoms with E-state index in [1.54, 1.807) is 0 Å². The molecule has 0 saturated heterocycles. The summed E-state index contributed by atoms with van der Waals surface area (Å²) in [4.78, 5) is 3.60. The summed E-state index contributed by atoms with van der Waals surface area (Å²) in [6.45, 7) is 3.30. The smallest absolute Gasteiger partial charge is 0.148 e.